The first kappa shape index (κ1) is 17.2. The minimum Gasteiger partial charge on any atom is -0.348 e. The van der Waals surface area contributed by atoms with E-state index >= 15 is 0 Å². The van der Waals surface area contributed by atoms with E-state index in [0.717, 1.165) is 12.8 Å². The maximum Gasteiger partial charge on any atom is 0.273 e. The van der Waals surface area contributed by atoms with Crippen molar-refractivity contribution in [2.75, 3.05) is 0 Å². The van der Waals surface area contributed by atoms with Gasteiger partial charge >= 0.3 is 0 Å². The van der Waals surface area contributed by atoms with E-state index in [9.17, 15) is 4.79 Å². The number of amides is 1. The van der Waals surface area contributed by atoms with Gasteiger partial charge in [0.25, 0.3) is 5.91 Å². The second-order valence-corrected chi connectivity index (χ2v) is 6.31. The largest absolute Gasteiger partial charge is 0.348 e. The van der Waals surface area contributed by atoms with Crippen LogP contribution in [-0.4, -0.2) is 26.9 Å². The first-order valence-corrected chi connectivity index (χ1v) is 8.53. The average molecular weight is 355 g/mol. The van der Waals surface area contributed by atoms with Crippen LogP contribution in [0.3, 0.4) is 0 Å². The van der Waals surface area contributed by atoms with Crippen molar-refractivity contribution in [3.05, 3.63) is 77.1 Å². The molecule has 0 radical (unpaired) electrons. The molecular weight excluding hydrogens is 336 g/mol. The van der Waals surface area contributed by atoms with Crippen LogP contribution in [0, 0.1) is 0 Å². The number of aromatic nitrogens is 3. The number of carbonyl (C=O) groups is 1. The van der Waals surface area contributed by atoms with Crippen LogP contribution in [0.2, 0.25) is 5.02 Å². The molecule has 0 fully saturated rings. The lowest BCUT2D eigenvalue weighted by molar-refractivity contribution is 0.0933. The summed E-state index contributed by atoms with van der Waals surface area (Å²) in [7, 11) is 0. The van der Waals surface area contributed by atoms with E-state index in [0.29, 0.717) is 10.7 Å². The van der Waals surface area contributed by atoms with Crippen molar-refractivity contribution in [2.24, 2.45) is 0 Å². The maximum atomic E-state index is 12.3. The molecule has 25 heavy (non-hydrogen) atoms. The lowest BCUT2D eigenvalue weighted by atomic mass is 10.1. The van der Waals surface area contributed by atoms with Crippen LogP contribution in [0.1, 0.15) is 29.4 Å². The molecule has 0 aliphatic carbocycles. The Balaban J connectivity index is 1.59. The summed E-state index contributed by atoms with van der Waals surface area (Å²) in [6, 6.07) is 17.5. The maximum absolute atomic E-state index is 12.3. The third kappa shape index (κ3) is 4.45. The third-order valence-corrected chi connectivity index (χ3v) is 4.23. The fraction of sp³-hybridized carbons (Fsp3) is 0.211. The first-order chi connectivity index (χ1) is 12.1. The van der Waals surface area contributed by atoms with Crippen molar-refractivity contribution >= 4 is 17.5 Å². The molecule has 0 saturated carbocycles. The molecule has 0 spiro atoms. The quantitative estimate of drug-likeness (QED) is 0.734. The molecule has 1 amide bonds. The van der Waals surface area contributed by atoms with Gasteiger partial charge in [-0.1, -0.05) is 59.3 Å². The van der Waals surface area contributed by atoms with Gasteiger partial charge in [0.05, 0.1) is 16.9 Å². The van der Waals surface area contributed by atoms with Gasteiger partial charge in [0.15, 0.2) is 5.69 Å². The molecule has 1 N–H and O–H groups in total. The average Bonchev–Trinajstić information content (AvgIpc) is 3.11. The Kier molecular flexibility index (Phi) is 5.46. The topological polar surface area (TPSA) is 59.8 Å². The summed E-state index contributed by atoms with van der Waals surface area (Å²) in [5, 5.41) is 11.4. The number of nitrogens with zero attached hydrogens (tertiary/aromatic N) is 3. The van der Waals surface area contributed by atoms with E-state index in [2.05, 4.69) is 27.8 Å². The molecule has 6 heteroatoms. The van der Waals surface area contributed by atoms with Crippen LogP contribution in [0.5, 0.6) is 0 Å². The van der Waals surface area contributed by atoms with Gasteiger partial charge in [-0.15, -0.1) is 5.10 Å². The molecule has 1 heterocycles. The second-order valence-electron chi connectivity index (χ2n) is 5.90. The molecule has 3 rings (SSSR count). The van der Waals surface area contributed by atoms with Crippen molar-refractivity contribution in [3.63, 3.8) is 0 Å². The standard InChI is InChI=1S/C19H19ClN4O/c1-14(11-12-15-7-3-2-4-8-15)21-19(25)17-13-24(23-22-17)18-10-6-5-9-16(18)20/h2-10,13-14H,11-12H2,1H3,(H,21,25). The van der Waals surface area contributed by atoms with Crippen molar-refractivity contribution < 1.29 is 4.79 Å². The van der Waals surface area contributed by atoms with E-state index < -0.39 is 0 Å². The summed E-state index contributed by atoms with van der Waals surface area (Å²) in [5.41, 5.74) is 2.22. The summed E-state index contributed by atoms with van der Waals surface area (Å²) in [6.07, 6.45) is 3.35. The monoisotopic (exact) mass is 354 g/mol. The lowest BCUT2D eigenvalue weighted by Crippen LogP contribution is -2.33. The Morgan fingerprint density at radius 3 is 2.64 bits per heavy atom. The molecule has 128 valence electrons. The van der Waals surface area contributed by atoms with E-state index in [1.165, 1.54) is 10.2 Å². The summed E-state index contributed by atoms with van der Waals surface area (Å²) >= 11 is 6.14. The SMILES string of the molecule is CC(CCc1ccccc1)NC(=O)c1cn(-c2ccccc2Cl)nn1. The normalized spacial score (nSPS) is 11.9. The predicted octanol–water partition coefficient (Wildman–Crippen LogP) is 3.67. The van der Waals surface area contributed by atoms with Gasteiger partial charge in [0.1, 0.15) is 0 Å². The summed E-state index contributed by atoms with van der Waals surface area (Å²) in [4.78, 5) is 12.3. The first-order valence-electron chi connectivity index (χ1n) is 8.15. The Hall–Kier alpha value is -2.66. The third-order valence-electron chi connectivity index (χ3n) is 3.91. The van der Waals surface area contributed by atoms with Gasteiger partial charge in [0, 0.05) is 6.04 Å². The molecule has 1 atom stereocenters. The molecule has 0 aliphatic rings. The van der Waals surface area contributed by atoms with Gasteiger partial charge in [-0.3, -0.25) is 4.79 Å². The highest BCUT2D eigenvalue weighted by molar-refractivity contribution is 6.32. The van der Waals surface area contributed by atoms with E-state index in [1.807, 2.05) is 43.3 Å². The molecule has 3 aromatic rings. The lowest BCUT2D eigenvalue weighted by Gasteiger charge is -2.12. The molecule has 0 saturated heterocycles. The highest BCUT2D eigenvalue weighted by Gasteiger charge is 2.15. The Morgan fingerprint density at radius 2 is 1.88 bits per heavy atom. The van der Waals surface area contributed by atoms with E-state index in [-0.39, 0.29) is 17.6 Å². The molecule has 5 nitrogen and oxygen atoms in total. The van der Waals surface area contributed by atoms with E-state index in [1.54, 1.807) is 12.3 Å². The molecular formula is C19H19ClN4O. The Bertz CT molecular complexity index is 847. The van der Waals surface area contributed by atoms with Crippen molar-refractivity contribution in [2.45, 2.75) is 25.8 Å². The zero-order chi connectivity index (χ0) is 17.6. The zero-order valence-corrected chi connectivity index (χ0v) is 14.6. The number of rotatable bonds is 6. The van der Waals surface area contributed by atoms with Crippen molar-refractivity contribution in [1.82, 2.24) is 20.3 Å². The number of hydrogen-bond acceptors (Lipinski definition) is 3. The fourth-order valence-corrected chi connectivity index (χ4v) is 2.74. The Morgan fingerprint density at radius 1 is 1.16 bits per heavy atom. The zero-order valence-electron chi connectivity index (χ0n) is 13.9. The van der Waals surface area contributed by atoms with Crippen LogP contribution >= 0.6 is 11.6 Å². The minimum atomic E-state index is -0.237. The van der Waals surface area contributed by atoms with Crippen LogP contribution in [-0.2, 0) is 6.42 Å². The van der Waals surface area contributed by atoms with Gasteiger partial charge < -0.3 is 5.32 Å². The smallest absolute Gasteiger partial charge is 0.273 e. The fourth-order valence-electron chi connectivity index (χ4n) is 2.52. The molecule has 0 aliphatic heterocycles. The van der Waals surface area contributed by atoms with Gasteiger partial charge in [-0.05, 0) is 37.5 Å². The molecule has 1 aromatic heterocycles. The number of aryl methyl sites for hydroxylation is 1. The van der Waals surface area contributed by atoms with Gasteiger partial charge in [-0.25, -0.2) is 4.68 Å². The number of halogens is 1. The van der Waals surface area contributed by atoms with Crippen molar-refractivity contribution in [3.8, 4) is 5.69 Å². The van der Waals surface area contributed by atoms with Gasteiger partial charge in [-0.2, -0.15) is 0 Å². The highest BCUT2D eigenvalue weighted by Crippen LogP contribution is 2.18. The predicted molar refractivity (Wildman–Crippen MR) is 98.1 cm³/mol. The number of hydrogen-bond donors (Lipinski definition) is 1. The van der Waals surface area contributed by atoms with Crippen LogP contribution in [0.15, 0.2) is 60.8 Å². The van der Waals surface area contributed by atoms with Crippen LogP contribution < -0.4 is 5.32 Å². The Labute approximate surface area is 151 Å². The summed E-state index contributed by atoms with van der Waals surface area (Å²) in [6.45, 7) is 1.99. The number of nitrogens with one attached hydrogen (secondary N) is 1. The van der Waals surface area contributed by atoms with Gasteiger partial charge in [0.2, 0.25) is 0 Å². The number of benzene rings is 2. The molecule has 1 unspecified atom stereocenters. The number of para-hydroxylation sites is 1. The van der Waals surface area contributed by atoms with E-state index in [4.69, 9.17) is 11.6 Å². The molecule has 0 bridgehead atoms. The highest BCUT2D eigenvalue weighted by atomic mass is 35.5. The molecule has 2 aromatic carbocycles. The second kappa shape index (κ2) is 7.94. The van der Waals surface area contributed by atoms with Crippen molar-refractivity contribution in [1.29, 1.82) is 0 Å². The number of carbonyl (C=O) groups excluding carboxylic acids is 1. The summed E-state index contributed by atoms with van der Waals surface area (Å²) < 4.78 is 1.51. The summed E-state index contributed by atoms with van der Waals surface area (Å²) in [5.74, 6) is -0.237. The van der Waals surface area contributed by atoms with Crippen LogP contribution in [0.25, 0.3) is 5.69 Å². The van der Waals surface area contributed by atoms with Crippen LogP contribution in [0.4, 0.5) is 0 Å². The minimum absolute atomic E-state index is 0.0400.